The summed E-state index contributed by atoms with van der Waals surface area (Å²) in [6.45, 7) is 4.03. The van der Waals surface area contributed by atoms with Crippen molar-refractivity contribution in [3.05, 3.63) is 30.1 Å². The highest BCUT2D eigenvalue weighted by atomic mass is 35.5. The van der Waals surface area contributed by atoms with Crippen LogP contribution in [0.5, 0.6) is 5.75 Å². The van der Waals surface area contributed by atoms with E-state index in [1.54, 1.807) is 12.1 Å². The summed E-state index contributed by atoms with van der Waals surface area (Å²) < 4.78 is 24.0. The molecule has 0 spiro atoms. The Morgan fingerprint density at radius 1 is 1.26 bits per heavy atom. The first-order valence-corrected chi connectivity index (χ1v) is 8.26. The molecule has 1 saturated carbocycles. The molecule has 130 valence electrons. The van der Waals surface area contributed by atoms with Crippen molar-refractivity contribution in [2.24, 2.45) is 5.92 Å². The van der Waals surface area contributed by atoms with Gasteiger partial charge >= 0.3 is 0 Å². The number of morpholine rings is 1. The van der Waals surface area contributed by atoms with Crippen LogP contribution >= 0.6 is 12.4 Å². The lowest BCUT2D eigenvalue weighted by atomic mass is 9.94. The van der Waals surface area contributed by atoms with Crippen LogP contribution in [-0.4, -0.2) is 45.0 Å². The summed E-state index contributed by atoms with van der Waals surface area (Å²) in [5, 5.41) is 7.20. The van der Waals surface area contributed by atoms with Gasteiger partial charge in [-0.05, 0) is 43.0 Å². The second-order valence-electron chi connectivity index (χ2n) is 6.09. The molecule has 6 heteroatoms. The van der Waals surface area contributed by atoms with Gasteiger partial charge in [-0.1, -0.05) is 6.42 Å². The topological polar surface area (TPSA) is 42.5 Å². The standard InChI is InChI=1S/C17H25FN2O2.ClH/c18-13-4-6-14(7-5-13)22-11-9-19-16-3-1-2-15(16)17-12-21-10-8-20-17;/h4-7,15-17,19-20H,1-3,8-12H2;1H. The van der Waals surface area contributed by atoms with Crippen LogP contribution in [0.2, 0.25) is 0 Å². The number of benzene rings is 1. The molecule has 0 radical (unpaired) electrons. The van der Waals surface area contributed by atoms with E-state index in [0.717, 1.165) is 26.3 Å². The van der Waals surface area contributed by atoms with Crippen molar-refractivity contribution in [2.45, 2.75) is 31.3 Å². The van der Waals surface area contributed by atoms with Crippen molar-refractivity contribution in [1.82, 2.24) is 10.6 Å². The Hall–Kier alpha value is -0.880. The molecule has 0 amide bonds. The molecule has 1 aliphatic carbocycles. The highest BCUT2D eigenvalue weighted by molar-refractivity contribution is 5.85. The van der Waals surface area contributed by atoms with Gasteiger partial charge in [-0.25, -0.2) is 4.39 Å². The highest BCUT2D eigenvalue weighted by Crippen LogP contribution is 2.29. The van der Waals surface area contributed by atoms with Crippen molar-refractivity contribution < 1.29 is 13.9 Å². The second kappa shape index (κ2) is 9.42. The minimum absolute atomic E-state index is 0. The number of nitrogens with one attached hydrogen (secondary N) is 2. The Labute approximate surface area is 143 Å². The summed E-state index contributed by atoms with van der Waals surface area (Å²) in [4.78, 5) is 0. The molecule has 2 fully saturated rings. The Bertz CT molecular complexity index is 454. The van der Waals surface area contributed by atoms with E-state index in [1.165, 1.54) is 31.4 Å². The maximum Gasteiger partial charge on any atom is 0.123 e. The number of hydrogen-bond donors (Lipinski definition) is 2. The predicted molar refractivity (Wildman–Crippen MR) is 90.9 cm³/mol. The fourth-order valence-electron chi connectivity index (χ4n) is 3.53. The van der Waals surface area contributed by atoms with Gasteiger partial charge < -0.3 is 20.1 Å². The summed E-state index contributed by atoms with van der Waals surface area (Å²) in [7, 11) is 0. The highest BCUT2D eigenvalue weighted by Gasteiger charge is 2.34. The zero-order valence-electron chi connectivity index (χ0n) is 13.3. The fourth-order valence-corrected chi connectivity index (χ4v) is 3.53. The summed E-state index contributed by atoms with van der Waals surface area (Å²) in [5.74, 6) is 1.13. The lowest BCUT2D eigenvalue weighted by Gasteiger charge is -2.33. The monoisotopic (exact) mass is 344 g/mol. The Morgan fingerprint density at radius 3 is 2.83 bits per heavy atom. The zero-order chi connectivity index (χ0) is 15.2. The van der Waals surface area contributed by atoms with Gasteiger partial charge in [0.1, 0.15) is 18.2 Å². The minimum Gasteiger partial charge on any atom is -0.492 e. The quantitative estimate of drug-likeness (QED) is 0.778. The first-order valence-electron chi connectivity index (χ1n) is 8.26. The van der Waals surface area contributed by atoms with Crippen LogP contribution in [0.15, 0.2) is 24.3 Å². The van der Waals surface area contributed by atoms with Gasteiger partial charge in [-0.3, -0.25) is 0 Å². The minimum atomic E-state index is -0.235. The summed E-state index contributed by atoms with van der Waals surface area (Å²) in [6.07, 6.45) is 3.76. The Kier molecular flexibility index (Phi) is 7.56. The van der Waals surface area contributed by atoms with Crippen molar-refractivity contribution >= 4 is 12.4 Å². The first kappa shape index (κ1) is 18.5. The Morgan fingerprint density at radius 2 is 2.09 bits per heavy atom. The second-order valence-corrected chi connectivity index (χ2v) is 6.09. The van der Waals surface area contributed by atoms with Crippen LogP contribution in [0.25, 0.3) is 0 Å². The van der Waals surface area contributed by atoms with Gasteiger partial charge in [0, 0.05) is 25.2 Å². The maximum atomic E-state index is 12.8. The largest absolute Gasteiger partial charge is 0.492 e. The van der Waals surface area contributed by atoms with E-state index in [-0.39, 0.29) is 18.2 Å². The molecule has 3 atom stereocenters. The van der Waals surface area contributed by atoms with Gasteiger partial charge in [-0.2, -0.15) is 0 Å². The van der Waals surface area contributed by atoms with Crippen LogP contribution in [0.1, 0.15) is 19.3 Å². The van der Waals surface area contributed by atoms with E-state index < -0.39 is 0 Å². The van der Waals surface area contributed by atoms with Gasteiger partial charge in [0.2, 0.25) is 0 Å². The third kappa shape index (κ3) is 5.31. The van der Waals surface area contributed by atoms with E-state index in [9.17, 15) is 4.39 Å². The zero-order valence-corrected chi connectivity index (χ0v) is 14.1. The van der Waals surface area contributed by atoms with Crippen molar-refractivity contribution in [1.29, 1.82) is 0 Å². The molecule has 1 aromatic carbocycles. The number of rotatable bonds is 6. The average molecular weight is 345 g/mol. The molecule has 0 bridgehead atoms. The number of hydrogen-bond acceptors (Lipinski definition) is 4. The molecule has 1 heterocycles. The first-order chi connectivity index (χ1) is 10.8. The number of halogens is 2. The van der Waals surface area contributed by atoms with Crippen LogP contribution in [-0.2, 0) is 4.74 Å². The van der Waals surface area contributed by atoms with Gasteiger partial charge in [0.25, 0.3) is 0 Å². The molecule has 4 nitrogen and oxygen atoms in total. The van der Waals surface area contributed by atoms with Crippen LogP contribution in [0.3, 0.4) is 0 Å². The van der Waals surface area contributed by atoms with E-state index in [1.807, 2.05) is 0 Å². The molecule has 2 aliphatic rings. The molecular weight excluding hydrogens is 319 g/mol. The average Bonchev–Trinajstić information content (AvgIpc) is 3.02. The summed E-state index contributed by atoms with van der Waals surface area (Å²) in [6, 6.07) is 7.19. The van der Waals surface area contributed by atoms with Crippen molar-refractivity contribution in [3.8, 4) is 5.75 Å². The Balaban J connectivity index is 0.00000192. The molecule has 0 aromatic heterocycles. The lowest BCUT2D eigenvalue weighted by molar-refractivity contribution is 0.0523. The number of ether oxygens (including phenoxy) is 2. The molecule has 1 aliphatic heterocycles. The maximum absolute atomic E-state index is 12.8. The van der Waals surface area contributed by atoms with Gasteiger partial charge in [-0.15, -0.1) is 12.4 Å². The van der Waals surface area contributed by atoms with Crippen LogP contribution in [0.4, 0.5) is 4.39 Å². The summed E-state index contributed by atoms with van der Waals surface area (Å²) >= 11 is 0. The molecule has 1 saturated heterocycles. The van der Waals surface area contributed by atoms with Gasteiger partial charge in [0.15, 0.2) is 0 Å². The van der Waals surface area contributed by atoms with E-state index in [4.69, 9.17) is 9.47 Å². The lowest BCUT2D eigenvalue weighted by Crippen LogP contribution is -2.51. The summed E-state index contributed by atoms with van der Waals surface area (Å²) in [5.41, 5.74) is 0. The van der Waals surface area contributed by atoms with Crippen LogP contribution < -0.4 is 15.4 Å². The van der Waals surface area contributed by atoms with E-state index >= 15 is 0 Å². The van der Waals surface area contributed by atoms with E-state index in [0.29, 0.717) is 30.4 Å². The third-order valence-electron chi connectivity index (χ3n) is 4.63. The fraction of sp³-hybridized carbons (Fsp3) is 0.647. The van der Waals surface area contributed by atoms with Crippen molar-refractivity contribution in [2.75, 3.05) is 32.9 Å². The molecular formula is C17H26ClFN2O2. The SMILES string of the molecule is Cl.Fc1ccc(OCCNC2CCCC2C2COCCN2)cc1. The normalized spacial score (nSPS) is 27.4. The molecule has 3 unspecified atom stereocenters. The van der Waals surface area contributed by atoms with E-state index in [2.05, 4.69) is 10.6 Å². The molecule has 2 N–H and O–H groups in total. The molecule has 23 heavy (non-hydrogen) atoms. The van der Waals surface area contributed by atoms with Crippen molar-refractivity contribution in [3.63, 3.8) is 0 Å². The molecule has 1 aromatic rings. The predicted octanol–water partition coefficient (Wildman–Crippen LogP) is 2.37. The van der Waals surface area contributed by atoms with Gasteiger partial charge in [0.05, 0.1) is 13.2 Å². The molecule has 3 rings (SSSR count). The third-order valence-corrected chi connectivity index (χ3v) is 4.63. The van der Waals surface area contributed by atoms with Crippen LogP contribution in [0, 0.1) is 11.7 Å². The smallest absolute Gasteiger partial charge is 0.123 e.